The zero-order valence-electron chi connectivity index (χ0n) is 15.0. The van der Waals surface area contributed by atoms with Gasteiger partial charge in [0.25, 0.3) is 5.56 Å². The lowest BCUT2D eigenvalue weighted by molar-refractivity contribution is -0.115. The van der Waals surface area contributed by atoms with Crippen LogP contribution in [-0.4, -0.2) is 25.5 Å². The molecule has 0 radical (unpaired) electrons. The van der Waals surface area contributed by atoms with Gasteiger partial charge >= 0.3 is 0 Å². The highest BCUT2D eigenvalue weighted by atomic mass is 35.5. The maximum atomic E-state index is 12.7. The van der Waals surface area contributed by atoms with E-state index in [1.54, 1.807) is 66.6 Å². The molecule has 0 aliphatic rings. The fourth-order valence-electron chi connectivity index (χ4n) is 3.07. The molecule has 4 rings (SSSR count). The number of hydrogen-bond donors (Lipinski definition) is 1. The average molecular weight is 394 g/mol. The highest BCUT2D eigenvalue weighted by Crippen LogP contribution is 2.24. The summed E-state index contributed by atoms with van der Waals surface area (Å²) in [6.45, 7) is 0. The number of benzene rings is 2. The second-order valence-electron chi connectivity index (χ2n) is 6.26. The standard InChI is InChI=1S/C20H16ClN5O2/c1-25-20(28)15-6-3-2-5-14(15)16(24-25)12-19(27)23-17-11-13(21)7-8-18(17)26-10-4-9-22-26/h2-11H,12H2,1H3,(H,23,27). The summed E-state index contributed by atoms with van der Waals surface area (Å²) in [6, 6.07) is 14.1. The molecular weight excluding hydrogens is 378 g/mol. The zero-order chi connectivity index (χ0) is 19.7. The molecule has 0 unspecified atom stereocenters. The van der Waals surface area contributed by atoms with Crippen molar-refractivity contribution in [3.05, 3.63) is 82.0 Å². The Morgan fingerprint density at radius 1 is 1.14 bits per heavy atom. The van der Waals surface area contributed by atoms with E-state index in [4.69, 9.17) is 11.6 Å². The number of rotatable bonds is 4. The van der Waals surface area contributed by atoms with Crippen molar-refractivity contribution in [2.24, 2.45) is 7.05 Å². The van der Waals surface area contributed by atoms with Gasteiger partial charge in [-0.05, 0) is 30.3 Å². The second-order valence-corrected chi connectivity index (χ2v) is 6.69. The number of carbonyl (C=O) groups excluding carboxylic acids is 1. The van der Waals surface area contributed by atoms with Gasteiger partial charge in [-0.15, -0.1) is 0 Å². The van der Waals surface area contributed by atoms with Crippen molar-refractivity contribution < 1.29 is 4.79 Å². The van der Waals surface area contributed by atoms with Crippen LogP contribution in [-0.2, 0) is 18.3 Å². The minimum Gasteiger partial charge on any atom is -0.324 e. The molecule has 0 saturated carbocycles. The molecule has 2 heterocycles. The van der Waals surface area contributed by atoms with Crippen molar-refractivity contribution in [3.8, 4) is 5.69 Å². The summed E-state index contributed by atoms with van der Waals surface area (Å²) < 4.78 is 2.89. The molecule has 140 valence electrons. The first-order valence-corrected chi connectivity index (χ1v) is 8.95. The SMILES string of the molecule is Cn1nc(CC(=O)Nc2cc(Cl)ccc2-n2cccn2)c2ccccc2c1=O. The Hall–Kier alpha value is -3.45. The van der Waals surface area contributed by atoms with Crippen LogP contribution >= 0.6 is 11.6 Å². The Labute approximate surface area is 165 Å². The molecule has 1 amide bonds. The number of aryl methyl sites for hydroxylation is 1. The monoisotopic (exact) mass is 393 g/mol. The first-order chi connectivity index (χ1) is 13.5. The number of fused-ring (bicyclic) bond motifs is 1. The average Bonchev–Trinajstić information content (AvgIpc) is 3.20. The van der Waals surface area contributed by atoms with E-state index in [9.17, 15) is 9.59 Å². The third-order valence-corrected chi connectivity index (χ3v) is 4.58. The molecule has 0 saturated heterocycles. The molecule has 0 aliphatic heterocycles. The number of halogens is 1. The first-order valence-electron chi connectivity index (χ1n) is 8.57. The van der Waals surface area contributed by atoms with E-state index in [-0.39, 0.29) is 17.9 Å². The van der Waals surface area contributed by atoms with E-state index < -0.39 is 0 Å². The number of amides is 1. The number of anilines is 1. The van der Waals surface area contributed by atoms with Gasteiger partial charge in [0.05, 0.1) is 28.9 Å². The van der Waals surface area contributed by atoms with Gasteiger partial charge in [0, 0.05) is 29.9 Å². The lowest BCUT2D eigenvalue weighted by Gasteiger charge is -2.12. The highest BCUT2D eigenvalue weighted by molar-refractivity contribution is 6.31. The molecule has 1 N–H and O–H groups in total. The highest BCUT2D eigenvalue weighted by Gasteiger charge is 2.14. The van der Waals surface area contributed by atoms with Crippen LogP contribution in [0.5, 0.6) is 0 Å². The molecule has 0 fully saturated rings. The summed E-state index contributed by atoms with van der Waals surface area (Å²) in [5.74, 6) is -0.271. The predicted molar refractivity (Wildman–Crippen MR) is 108 cm³/mol. The molecule has 0 bridgehead atoms. The maximum Gasteiger partial charge on any atom is 0.274 e. The molecule has 2 aromatic carbocycles. The molecule has 0 spiro atoms. The lowest BCUT2D eigenvalue weighted by atomic mass is 10.1. The molecule has 8 heteroatoms. The van der Waals surface area contributed by atoms with Gasteiger partial charge in [0.15, 0.2) is 0 Å². The summed E-state index contributed by atoms with van der Waals surface area (Å²) in [6.07, 6.45) is 3.45. The molecule has 28 heavy (non-hydrogen) atoms. The smallest absolute Gasteiger partial charge is 0.274 e. The van der Waals surface area contributed by atoms with E-state index in [0.29, 0.717) is 32.9 Å². The van der Waals surface area contributed by atoms with E-state index in [1.165, 1.54) is 4.68 Å². The fourth-order valence-corrected chi connectivity index (χ4v) is 3.24. The second kappa shape index (κ2) is 7.28. The third-order valence-electron chi connectivity index (χ3n) is 4.34. The van der Waals surface area contributed by atoms with Crippen LogP contribution in [0.3, 0.4) is 0 Å². The number of hydrogen-bond acceptors (Lipinski definition) is 4. The van der Waals surface area contributed by atoms with Crippen molar-refractivity contribution >= 4 is 34.0 Å². The Balaban J connectivity index is 1.67. The van der Waals surface area contributed by atoms with Gasteiger partial charge in [0.1, 0.15) is 0 Å². The van der Waals surface area contributed by atoms with Crippen LogP contribution in [0.2, 0.25) is 5.02 Å². The van der Waals surface area contributed by atoms with Crippen LogP contribution in [0.1, 0.15) is 5.69 Å². The fraction of sp³-hybridized carbons (Fsp3) is 0.100. The third kappa shape index (κ3) is 3.39. The molecule has 0 atom stereocenters. The van der Waals surface area contributed by atoms with Gasteiger partial charge in [-0.1, -0.05) is 29.8 Å². The largest absolute Gasteiger partial charge is 0.324 e. The van der Waals surface area contributed by atoms with Crippen LogP contribution < -0.4 is 10.9 Å². The number of aromatic nitrogens is 4. The summed E-state index contributed by atoms with van der Waals surface area (Å²) in [4.78, 5) is 25.0. The van der Waals surface area contributed by atoms with Crippen LogP contribution in [0.4, 0.5) is 5.69 Å². The van der Waals surface area contributed by atoms with Gasteiger partial charge in [0.2, 0.25) is 5.91 Å². The Kier molecular flexibility index (Phi) is 4.67. The van der Waals surface area contributed by atoms with E-state index in [1.807, 2.05) is 6.07 Å². The number of nitrogens with zero attached hydrogens (tertiary/aromatic N) is 4. The van der Waals surface area contributed by atoms with E-state index >= 15 is 0 Å². The summed E-state index contributed by atoms with van der Waals surface area (Å²) in [5.41, 5.74) is 1.56. The molecule has 7 nitrogen and oxygen atoms in total. The minimum absolute atomic E-state index is 0.0136. The Morgan fingerprint density at radius 3 is 2.68 bits per heavy atom. The zero-order valence-corrected chi connectivity index (χ0v) is 15.7. The van der Waals surface area contributed by atoms with Crippen molar-refractivity contribution in [1.82, 2.24) is 19.6 Å². The van der Waals surface area contributed by atoms with Crippen molar-refractivity contribution in [2.75, 3.05) is 5.32 Å². The van der Waals surface area contributed by atoms with Crippen molar-refractivity contribution in [1.29, 1.82) is 0 Å². The molecule has 0 aliphatic carbocycles. The summed E-state index contributed by atoms with van der Waals surface area (Å²) in [7, 11) is 1.57. The molecule has 4 aromatic rings. The normalized spacial score (nSPS) is 10.9. The van der Waals surface area contributed by atoms with E-state index in [2.05, 4.69) is 15.5 Å². The van der Waals surface area contributed by atoms with Crippen LogP contribution in [0.15, 0.2) is 65.7 Å². The van der Waals surface area contributed by atoms with Crippen molar-refractivity contribution in [2.45, 2.75) is 6.42 Å². The van der Waals surface area contributed by atoms with E-state index in [0.717, 1.165) is 0 Å². The Bertz CT molecular complexity index is 1230. The summed E-state index contributed by atoms with van der Waals surface area (Å²) in [5, 5.41) is 13.0. The maximum absolute atomic E-state index is 12.7. The van der Waals surface area contributed by atoms with Crippen molar-refractivity contribution in [3.63, 3.8) is 0 Å². The van der Waals surface area contributed by atoms with Gasteiger partial charge in [-0.2, -0.15) is 10.2 Å². The topological polar surface area (TPSA) is 81.8 Å². The quantitative estimate of drug-likeness (QED) is 0.578. The van der Waals surface area contributed by atoms with Gasteiger partial charge in [-0.25, -0.2) is 9.36 Å². The number of carbonyl (C=O) groups is 1. The minimum atomic E-state index is -0.271. The molecular formula is C20H16ClN5O2. The Morgan fingerprint density at radius 2 is 1.93 bits per heavy atom. The number of nitrogens with one attached hydrogen (secondary N) is 1. The lowest BCUT2D eigenvalue weighted by Crippen LogP contribution is -2.24. The van der Waals surface area contributed by atoms with Gasteiger partial charge in [-0.3, -0.25) is 9.59 Å². The first kappa shape index (κ1) is 17.9. The van der Waals surface area contributed by atoms with Crippen LogP contribution in [0.25, 0.3) is 16.5 Å². The predicted octanol–water partition coefficient (Wildman–Crippen LogP) is 2.95. The molecule has 2 aromatic heterocycles. The summed E-state index contributed by atoms with van der Waals surface area (Å²) >= 11 is 6.11. The van der Waals surface area contributed by atoms with Crippen LogP contribution in [0, 0.1) is 0 Å². The van der Waals surface area contributed by atoms with Gasteiger partial charge < -0.3 is 5.32 Å².